The number of pyridine rings is 1. The molecule has 2 aromatic carbocycles. The van der Waals surface area contributed by atoms with Crippen LogP contribution in [0, 0.1) is 5.92 Å². The van der Waals surface area contributed by atoms with E-state index in [9.17, 15) is 29.1 Å². The number of carboxylic acid groups (broad SMARTS) is 1. The molecular formula is C31H35N5O6. The van der Waals surface area contributed by atoms with Crippen molar-refractivity contribution in [2.45, 2.75) is 51.2 Å². The number of hydrogen-bond donors (Lipinski definition) is 3. The van der Waals surface area contributed by atoms with Crippen LogP contribution in [0.4, 0.5) is 0 Å². The van der Waals surface area contributed by atoms with Gasteiger partial charge in [-0.2, -0.15) is 0 Å². The van der Waals surface area contributed by atoms with E-state index in [2.05, 4.69) is 10.3 Å². The Morgan fingerprint density at radius 1 is 1.00 bits per heavy atom. The van der Waals surface area contributed by atoms with Gasteiger partial charge in [-0.1, -0.05) is 62.4 Å². The monoisotopic (exact) mass is 573 g/mol. The number of primary amides is 1. The van der Waals surface area contributed by atoms with Crippen molar-refractivity contribution >= 4 is 40.5 Å². The minimum Gasteiger partial charge on any atom is -0.480 e. The number of carboxylic acids is 1. The fourth-order valence-corrected chi connectivity index (χ4v) is 5.17. The van der Waals surface area contributed by atoms with Gasteiger partial charge in [-0.15, -0.1) is 0 Å². The molecule has 42 heavy (non-hydrogen) atoms. The molecule has 11 heteroatoms. The molecule has 0 unspecified atom stereocenters. The maximum absolute atomic E-state index is 13.6. The molecule has 0 spiro atoms. The lowest BCUT2D eigenvalue weighted by molar-refractivity contribution is -0.143. The largest absolute Gasteiger partial charge is 0.480 e. The quantitative estimate of drug-likeness (QED) is 0.262. The van der Waals surface area contributed by atoms with Crippen molar-refractivity contribution in [2.24, 2.45) is 11.7 Å². The average molecular weight is 574 g/mol. The van der Waals surface area contributed by atoms with Crippen molar-refractivity contribution in [1.82, 2.24) is 20.1 Å². The third-order valence-electron chi connectivity index (χ3n) is 7.41. The van der Waals surface area contributed by atoms with E-state index in [0.717, 1.165) is 10.5 Å². The van der Waals surface area contributed by atoms with Crippen LogP contribution >= 0.6 is 0 Å². The number of para-hydroxylation sites is 1. The molecule has 0 saturated carbocycles. The third-order valence-corrected chi connectivity index (χ3v) is 7.41. The molecule has 0 saturated heterocycles. The summed E-state index contributed by atoms with van der Waals surface area (Å²) in [4.78, 5) is 71.0. The molecule has 4 N–H and O–H groups in total. The van der Waals surface area contributed by atoms with Crippen molar-refractivity contribution in [3.63, 3.8) is 0 Å². The molecule has 4 amide bonds. The predicted octanol–water partition coefficient (Wildman–Crippen LogP) is 2.23. The van der Waals surface area contributed by atoms with E-state index in [4.69, 9.17) is 5.73 Å². The lowest BCUT2D eigenvalue weighted by Crippen LogP contribution is -2.56. The molecule has 0 aliphatic carbocycles. The van der Waals surface area contributed by atoms with Crippen molar-refractivity contribution in [2.75, 3.05) is 13.6 Å². The summed E-state index contributed by atoms with van der Waals surface area (Å²) in [5.41, 5.74) is 7.26. The first-order chi connectivity index (χ1) is 20.0. The first-order valence-corrected chi connectivity index (χ1v) is 13.8. The number of likely N-dealkylation sites (N-methyl/N-ethyl adjacent to an activating group) is 1. The number of imide groups is 1. The van der Waals surface area contributed by atoms with Crippen molar-refractivity contribution in [3.05, 3.63) is 77.5 Å². The van der Waals surface area contributed by atoms with E-state index in [-0.39, 0.29) is 43.0 Å². The van der Waals surface area contributed by atoms with Crippen LogP contribution in [-0.2, 0) is 20.8 Å². The second kappa shape index (κ2) is 12.9. The summed E-state index contributed by atoms with van der Waals surface area (Å²) in [6.07, 6.45) is 0.348. The van der Waals surface area contributed by atoms with Gasteiger partial charge in [0.1, 0.15) is 17.8 Å². The Bertz CT molecular complexity index is 1450. The molecule has 220 valence electrons. The number of aliphatic carboxylic acids is 1. The zero-order valence-corrected chi connectivity index (χ0v) is 23.8. The number of carbonyl (C=O) groups is 5. The van der Waals surface area contributed by atoms with Gasteiger partial charge in [-0.05, 0) is 36.5 Å². The maximum atomic E-state index is 13.6. The van der Waals surface area contributed by atoms with Gasteiger partial charge < -0.3 is 15.7 Å². The van der Waals surface area contributed by atoms with Gasteiger partial charge in [0.2, 0.25) is 11.8 Å². The first kappa shape index (κ1) is 30.3. The highest BCUT2D eigenvalue weighted by molar-refractivity contribution is 6.21. The Balaban J connectivity index is 1.49. The van der Waals surface area contributed by atoms with E-state index >= 15 is 0 Å². The number of nitrogens with zero attached hydrogens (tertiary/aromatic N) is 3. The van der Waals surface area contributed by atoms with E-state index < -0.39 is 47.7 Å². The lowest BCUT2D eigenvalue weighted by atomic mass is 9.99. The van der Waals surface area contributed by atoms with Crippen LogP contribution in [-0.4, -0.2) is 81.2 Å². The molecule has 0 radical (unpaired) electrons. The second-order valence-electron chi connectivity index (χ2n) is 10.9. The molecule has 0 fully saturated rings. The summed E-state index contributed by atoms with van der Waals surface area (Å²) in [5, 5.41) is 13.6. The first-order valence-electron chi connectivity index (χ1n) is 13.8. The maximum Gasteiger partial charge on any atom is 0.320 e. The SMILES string of the molecule is CC(C)C[C@H](N[C@H](CCN1C(=O)c2cc3ccccc3nc2C1=O)C(=O)O)C(=O)N(C)[C@@H](Cc1ccccc1)C(N)=O. The Labute approximate surface area is 243 Å². The average Bonchev–Trinajstić information content (AvgIpc) is 3.19. The van der Waals surface area contributed by atoms with Gasteiger partial charge in [-0.3, -0.25) is 34.2 Å². The van der Waals surface area contributed by atoms with Gasteiger partial charge in [0, 0.05) is 25.4 Å². The minimum absolute atomic E-state index is 0.00638. The molecule has 3 aromatic rings. The molecule has 4 rings (SSSR count). The smallest absolute Gasteiger partial charge is 0.320 e. The van der Waals surface area contributed by atoms with Crippen LogP contribution in [0.1, 0.15) is 53.1 Å². The summed E-state index contributed by atoms with van der Waals surface area (Å²) < 4.78 is 0. The topological polar surface area (TPSA) is 163 Å². The van der Waals surface area contributed by atoms with Gasteiger partial charge >= 0.3 is 5.97 Å². The van der Waals surface area contributed by atoms with Crippen LogP contribution in [0.15, 0.2) is 60.7 Å². The number of rotatable bonds is 13. The van der Waals surface area contributed by atoms with E-state index in [1.54, 1.807) is 30.3 Å². The summed E-state index contributed by atoms with van der Waals surface area (Å²) in [6.45, 7) is 3.59. The van der Waals surface area contributed by atoms with Gasteiger partial charge in [0.15, 0.2) is 0 Å². The van der Waals surface area contributed by atoms with Gasteiger partial charge in [-0.25, -0.2) is 4.98 Å². The van der Waals surface area contributed by atoms with Crippen molar-refractivity contribution in [3.8, 4) is 0 Å². The fourth-order valence-electron chi connectivity index (χ4n) is 5.17. The number of nitrogens with two attached hydrogens (primary N) is 1. The molecule has 11 nitrogen and oxygen atoms in total. The Kier molecular flexibility index (Phi) is 9.31. The molecule has 1 aliphatic heterocycles. The van der Waals surface area contributed by atoms with E-state index in [1.807, 2.05) is 44.2 Å². The van der Waals surface area contributed by atoms with Crippen LogP contribution in [0.2, 0.25) is 0 Å². The summed E-state index contributed by atoms with van der Waals surface area (Å²) in [6, 6.07) is 14.7. The van der Waals surface area contributed by atoms with Crippen LogP contribution in [0.25, 0.3) is 10.9 Å². The number of hydrogen-bond acceptors (Lipinski definition) is 7. The van der Waals surface area contributed by atoms with Crippen molar-refractivity contribution in [1.29, 1.82) is 0 Å². The zero-order valence-electron chi connectivity index (χ0n) is 23.8. The molecule has 2 heterocycles. The van der Waals surface area contributed by atoms with Crippen LogP contribution in [0.5, 0.6) is 0 Å². The highest BCUT2D eigenvalue weighted by Gasteiger charge is 2.39. The fraction of sp³-hybridized carbons (Fsp3) is 0.355. The highest BCUT2D eigenvalue weighted by Crippen LogP contribution is 2.26. The van der Waals surface area contributed by atoms with Gasteiger partial charge in [0.05, 0.1) is 17.1 Å². The second-order valence-corrected chi connectivity index (χ2v) is 10.9. The predicted molar refractivity (Wildman–Crippen MR) is 155 cm³/mol. The van der Waals surface area contributed by atoms with E-state index in [0.29, 0.717) is 10.9 Å². The molecule has 1 aromatic heterocycles. The Morgan fingerprint density at radius 3 is 2.31 bits per heavy atom. The molecule has 0 bridgehead atoms. The standard InChI is InChI=1S/C31H35N5O6/c1-18(2)15-24(29(39)35(3)25(27(32)37)16-19-9-5-4-6-10-19)33-23(31(41)42)13-14-36-28(38)21-17-20-11-7-8-12-22(20)34-26(21)30(36)40/h4-12,17-18,23-25,33H,13-16H2,1-3H3,(H2,32,37)(H,41,42)/t23-,24+,25+/m1/s1. The van der Waals surface area contributed by atoms with E-state index in [1.165, 1.54) is 11.9 Å². The normalized spacial score (nSPS) is 15.0. The number of benzene rings is 2. The number of aromatic nitrogens is 1. The summed E-state index contributed by atoms with van der Waals surface area (Å²) in [7, 11) is 1.47. The van der Waals surface area contributed by atoms with Crippen LogP contribution < -0.4 is 11.1 Å². The minimum atomic E-state index is -1.26. The highest BCUT2D eigenvalue weighted by atomic mass is 16.4. The molecule has 1 aliphatic rings. The van der Waals surface area contributed by atoms with Gasteiger partial charge in [0.25, 0.3) is 11.8 Å². The third kappa shape index (κ3) is 6.63. The lowest BCUT2D eigenvalue weighted by Gasteiger charge is -2.32. The summed E-state index contributed by atoms with van der Waals surface area (Å²) >= 11 is 0. The number of fused-ring (bicyclic) bond motifs is 2. The number of amides is 4. The molecule has 3 atom stereocenters. The Morgan fingerprint density at radius 2 is 1.67 bits per heavy atom. The molecular weight excluding hydrogens is 538 g/mol. The zero-order chi connectivity index (χ0) is 30.6. The van der Waals surface area contributed by atoms with Crippen molar-refractivity contribution < 1.29 is 29.1 Å². The Hall–Kier alpha value is -4.64. The summed E-state index contributed by atoms with van der Waals surface area (Å²) in [5.74, 6) is -3.53. The number of carbonyl (C=O) groups excluding carboxylic acids is 4. The van der Waals surface area contributed by atoms with Crippen LogP contribution in [0.3, 0.4) is 0 Å². The number of nitrogens with one attached hydrogen (secondary N) is 1.